The predicted octanol–water partition coefficient (Wildman–Crippen LogP) is 4.26. The Hall–Kier alpha value is -2.92. The molecule has 2 aromatic carbocycles. The highest BCUT2D eigenvalue weighted by molar-refractivity contribution is 5.94. The molecule has 4 aromatic rings. The van der Waals surface area contributed by atoms with Gasteiger partial charge in [-0.1, -0.05) is 12.1 Å². The molecule has 0 bridgehead atoms. The number of hydrogen-bond donors (Lipinski definition) is 3. The Balaban J connectivity index is 1.51. The van der Waals surface area contributed by atoms with Crippen molar-refractivity contribution in [1.29, 1.82) is 0 Å². The summed E-state index contributed by atoms with van der Waals surface area (Å²) in [5.41, 5.74) is 12.4. The third-order valence-electron chi connectivity index (χ3n) is 5.55. The van der Waals surface area contributed by atoms with Gasteiger partial charge < -0.3 is 16.0 Å². The van der Waals surface area contributed by atoms with E-state index in [4.69, 9.17) is 5.73 Å². The maximum atomic E-state index is 6.04. The van der Waals surface area contributed by atoms with Gasteiger partial charge in [0.15, 0.2) is 0 Å². The Bertz CT molecular complexity index is 1090. The van der Waals surface area contributed by atoms with Crippen molar-refractivity contribution in [2.75, 3.05) is 5.32 Å². The second kappa shape index (κ2) is 6.67. The predicted molar refractivity (Wildman–Crippen MR) is 110 cm³/mol. The molecule has 1 aliphatic rings. The van der Waals surface area contributed by atoms with Crippen molar-refractivity contribution >= 4 is 27.6 Å². The number of benzene rings is 2. The normalized spacial score (nSPS) is 20.2. The summed E-state index contributed by atoms with van der Waals surface area (Å²) in [5.74, 6) is 0. The van der Waals surface area contributed by atoms with Crippen LogP contribution in [0.5, 0.6) is 0 Å². The first-order valence-corrected chi connectivity index (χ1v) is 9.52. The van der Waals surface area contributed by atoms with E-state index < -0.39 is 0 Å². The summed E-state index contributed by atoms with van der Waals surface area (Å²) in [4.78, 5) is 12.0. The minimum absolute atomic E-state index is 0.352. The molecule has 0 aliphatic heterocycles. The summed E-state index contributed by atoms with van der Waals surface area (Å²) in [5, 5.41) is 4.78. The molecule has 5 heteroatoms. The molecule has 5 rings (SSSR count). The zero-order chi connectivity index (χ0) is 18.2. The molecule has 1 saturated carbocycles. The molecule has 0 amide bonds. The zero-order valence-corrected chi connectivity index (χ0v) is 15.1. The highest BCUT2D eigenvalue weighted by Gasteiger charge is 2.19. The molecular weight excluding hydrogens is 334 g/mol. The Morgan fingerprint density at radius 2 is 1.78 bits per heavy atom. The lowest BCUT2D eigenvalue weighted by Crippen LogP contribution is -2.32. The molecule has 4 N–H and O–H groups in total. The molecule has 27 heavy (non-hydrogen) atoms. The first kappa shape index (κ1) is 16.3. The van der Waals surface area contributed by atoms with Gasteiger partial charge in [-0.05, 0) is 61.1 Å². The van der Waals surface area contributed by atoms with Gasteiger partial charge in [0.25, 0.3) is 0 Å². The van der Waals surface area contributed by atoms with Gasteiger partial charge in [-0.2, -0.15) is 0 Å². The minimum Gasteiger partial charge on any atom is -0.381 e. The van der Waals surface area contributed by atoms with Crippen LogP contribution in [0.15, 0.2) is 48.9 Å². The van der Waals surface area contributed by atoms with Crippen molar-refractivity contribution in [3.63, 3.8) is 0 Å². The summed E-state index contributed by atoms with van der Waals surface area (Å²) in [6.07, 6.45) is 7.86. The van der Waals surface area contributed by atoms with Gasteiger partial charge in [0.05, 0.1) is 28.6 Å². The smallest absolute Gasteiger partial charge is 0.0931 e. The van der Waals surface area contributed by atoms with Crippen molar-refractivity contribution in [3.05, 3.63) is 55.0 Å². The van der Waals surface area contributed by atoms with Crippen molar-refractivity contribution in [3.8, 4) is 11.1 Å². The van der Waals surface area contributed by atoms with Crippen LogP contribution < -0.4 is 11.1 Å². The summed E-state index contributed by atoms with van der Waals surface area (Å²) in [7, 11) is 0. The number of anilines is 1. The number of fused-ring (bicyclic) bond motifs is 2. The molecule has 1 fully saturated rings. The largest absolute Gasteiger partial charge is 0.381 e. The second-order valence-corrected chi connectivity index (χ2v) is 7.40. The maximum absolute atomic E-state index is 6.04. The van der Waals surface area contributed by atoms with Crippen LogP contribution >= 0.6 is 0 Å². The highest BCUT2D eigenvalue weighted by Crippen LogP contribution is 2.30. The molecule has 0 atom stereocenters. The fourth-order valence-electron chi connectivity index (χ4n) is 3.97. The van der Waals surface area contributed by atoms with Crippen LogP contribution in [0.4, 0.5) is 5.69 Å². The number of pyridine rings is 1. The standard InChI is InChI=1S/C22H22N5/c23-16-3-5-17(6-4-16)27-20-9-10-24-19-7-1-14(11-18(19)20)15-2-8-21-22(12-15)26-13-25-21/h1-2,7-8,10-13,16-17H,3-6,23H2,(H,24,27)(H,25,26). The zero-order valence-electron chi connectivity index (χ0n) is 15.1. The van der Waals surface area contributed by atoms with E-state index in [1.54, 1.807) is 12.5 Å². The van der Waals surface area contributed by atoms with Crippen LogP contribution in [-0.2, 0) is 0 Å². The van der Waals surface area contributed by atoms with E-state index in [1.807, 2.05) is 0 Å². The Labute approximate surface area is 158 Å². The first-order chi connectivity index (χ1) is 13.3. The molecule has 135 valence electrons. The van der Waals surface area contributed by atoms with Gasteiger partial charge in [0.2, 0.25) is 0 Å². The number of H-pyrrole nitrogens is 1. The van der Waals surface area contributed by atoms with Crippen LogP contribution in [0.1, 0.15) is 25.7 Å². The molecule has 2 aromatic heterocycles. The number of nitrogens with one attached hydrogen (secondary N) is 2. The summed E-state index contributed by atoms with van der Waals surface area (Å²) in [6.45, 7) is 0. The molecule has 0 saturated heterocycles. The van der Waals surface area contributed by atoms with Gasteiger partial charge in [-0.25, -0.2) is 4.98 Å². The molecule has 0 spiro atoms. The van der Waals surface area contributed by atoms with E-state index in [9.17, 15) is 0 Å². The van der Waals surface area contributed by atoms with Crippen molar-refractivity contribution in [2.45, 2.75) is 37.8 Å². The summed E-state index contributed by atoms with van der Waals surface area (Å²) >= 11 is 0. The van der Waals surface area contributed by atoms with Gasteiger partial charge in [-0.3, -0.25) is 4.98 Å². The Morgan fingerprint density at radius 3 is 2.67 bits per heavy atom. The van der Waals surface area contributed by atoms with E-state index in [0.29, 0.717) is 12.1 Å². The third-order valence-corrected chi connectivity index (χ3v) is 5.55. The van der Waals surface area contributed by atoms with Crippen LogP contribution in [0.3, 0.4) is 0 Å². The summed E-state index contributed by atoms with van der Waals surface area (Å²) < 4.78 is 0. The van der Waals surface area contributed by atoms with Gasteiger partial charge in [0, 0.05) is 29.7 Å². The molecule has 1 radical (unpaired) electrons. The number of imidazole rings is 1. The Kier molecular flexibility index (Phi) is 4.02. The molecule has 5 nitrogen and oxygen atoms in total. The van der Waals surface area contributed by atoms with E-state index in [-0.39, 0.29) is 0 Å². The molecule has 1 aliphatic carbocycles. The molecular formula is C22H22N5. The van der Waals surface area contributed by atoms with E-state index in [0.717, 1.165) is 64.4 Å². The molecule has 0 unspecified atom stereocenters. The van der Waals surface area contributed by atoms with E-state index >= 15 is 0 Å². The lowest BCUT2D eigenvalue weighted by Gasteiger charge is -2.28. The average Bonchev–Trinajstić information content (AvgIpc) is 3.17. The number of nitrogens with two attached hydrogens (primary N) is 1. The van der Waals surface area contributed by atoms with Crippen LogP contribution in [0.25, 0.3) is 33.1 Å². The first-order valence-electron chi connectivity index (χ1n) is 9.52. The minimum atomic E-state index is 0.352. The number of aromatic nitrogens is 3. The van der Waals surface area contributed by atoms with E-state index in [2.05, 4.69) is 62.7 Å². The van der Waals surface area contributed by atoms with Gasteiger partial charge >= 0.3 is 0 Å². The topological polar surface area (TPSA) is 79.6 Å². The number of aromatic amines is 1. The number of rotatable bonds is 3. The fourth-order valence-corrected chi connectivity index (χ4v) is 3.97. The number of hydrogen-bond acceptors (Lipinski definition) is 4. The Morgan fingerprint density at radius 1 is 0.963 bits per heavy atom. The fraction of sp³-hybridized carbons (Fsp3) is 0.273. The van der Waals surface area contributed by atoms with Crippen LogP contribution in [-0.4, -0.2) is 27.0 Å². The van der Waals surface area contributed by atoms with Crippen LogP contribution in [0, 0.1) is 6.07 Å². The van der Waals surface area contributed by atoms with Crippen LogP contribution in [0.2, 0.25) is 0 Å². The lowest BCUT2D eigenvalue weighted by atomic mass is 9.91. The van der Waals surface area contributed by atoms with Gasteiger partial charge in [0.1, 0.15) is 0 Å². The average molecular weight is 356 g/mol. The van der Waals surface area contributed by atoms with Gasteiger partial charge in [-0.15, -0.1) is 0 Å². The summed E-state index contributed by atoms with van der Waals surface area (Å²) in [6, 6.07) is 16.8. The SMILES string of the molecule is NC1CCC(Nc2[c]cnc3ccc(-c4ccc5[nH]cnc5c4)cc23)CC1. The van der Waals surface area contributed by atoms with Crippen molar-refractivity contribution in [1.82, 2.24) is 15.0 Å². The maximum Gasteiger partial charge on any atom is 0.0931 e. The third kappa shape index (κ3) is 3.15. The monoisotopic (exact) mass is 356 g/mol. The number of nitrogens with zero attached hydrogens (tertiary/aromatic N) is 2. The molecule has 2 heterocycles. The van der Waals surface area contributed by atoms with Crippen molar-refractivity contribution in [2.24, 2.45) is 5.73 Å². The van der Waals surface area contributed by atoms with E-state index in [1.165, 1.54) is 0 Å². The van der Waals surface area contributed by atoms with Crippen molar-refractivity contribution < 1.29 is 0 Å². The second-order valence-electron chi connectivity index (χ2n) is 7.40. The quantitative estimate of drug-likeness (QED) is 0.512. The highest BCUT2D eigenvalue weighted by atomic mass is 14.9. The lowest BCUT2D eigenvalue weighted by molar-refractivity contribution is 0.411.